The second-order valence-electron chi connectivity index (χ2n) is 9.31. The molecule has 3 N–H and O–H groups in total. The summed E-state index contributed by atoms with van der Waals surface area (Å²) in [4.78, 5) is 52.5. The molecule has 10 nitrogen and oxygen atoms in total. The Bertz CT molecular complexity index is 1200. The number of para-hydroxylation sites is 1. The number of imide groups is 1. The number of amides is 2. The lowest BCUT2D eigenvalue weighted by Gasteiger charge is -2.30. The van der Waals surface area contributed by atoms with Crippen molar-refractivity contribution < 1.29 is 38.9 Å². The number of rotatable bonds is 11. The van der Waals surface area contributed by atoms with E-state index in [1.807, 2.05) is 37.3 Å². The highest BCUT2D eigenvalue weighted by Gasteiger charge is 2.69. The van der Waals surface area contributed by atoms with E-state index in [2.05, 4.69) is 5.32 Å². The Hall–Kier alpha value is -3.92. The van der Waals surface area contributed by atoms with Crippen LogP contribution in [-0.2, 0) is 25.8 Å². The number of hydrogen-bond acceptors (Lipinski definition) is 7. The summed E-state index contributed by atoms with van der Waals surface area (Å²) in [6.45, 7) is 2.23. The normalized spacial score (nSPS) is 24.7. The van der Waals surface area contributed by atoms with E-state index in [9.17, 15) is 29.4 Å². The zero-order chi connectivity index (χ0) is 26.7. The molecule has 196 valence electrons. The maximum Gasteiger partial charge on any atom is 0.325 e. The summed E-state index contributed by atoms with van der Waals surface area (Å²) in [5, 5.41) is 22.8. The molecule has 37 heavy (non-hydrogen) atoms. The standard InChI is InChI=1S/C27H30N2O8/c1-3-4-13-29-24(32)20-21(25(29)33)27(26(34)35,14-19(30)31)28-22(20)17-11-8-12-18(36-2)23(17)37-15-16-9-6-5-7-10-16/h5-12,20-22,28H,3-4,13-15H2,1-2H3,(H,30,31)(H,34,35). The van der Waals surface area contributed by atoms with Gasteiger partial charge in [0, 0.05) is 18.2 Å². The molecule has 2 aromatic carbocycles. The van der Waals surface area contributed by atoms with Crippen LogP contribution in [-0.4, -0.2) is 58.1 Å². The minimum atomic E-state index is -2.17. The van der Waals surface area contributed by atoms with Gasteiger partial charge in [-0.1, -0.05) is 55.8 Å². The maximum absolute atomic E-state index is 13.6. The number of carboxylic acids is 2. The molecule has 0 aromatic heterocycles. The second kappa shape index (κ2) is 10.6. The number of hydrogen-bond donors (Lipinski definition) is 3. The molecule has 0 saturated carbocycles. The van der Waals surface area contributed by atoms with Crippen molar-refractivity contribution in [1.82, 2.24) is 10.2 Å². The van der Waals surface area contributed by atoms with Gasteiger partial charge in [0.15, 0.2) is 11.5 Å². The van der Waals surface area contributed by atoms with Crippen LogP contribution in [0.2, 0.25) is 0 Å². The highest BCUT2D eigenvalue weighted by molar-refractivity contribution is 6.10. The molecule has 10 heteroatoms. The molecular weight excluding hydrogens is 480 g/mol. The van der Waals surface area contributed by atoms with Crippen molar-refractivity contribution in [1.29, 1.82) is 0 Å². The molecule has 0 aliphatic carbocycles. The van der Waals surface area contributed by atoms with Crippen molar-refractivity contribution in [2.24, 2.45) is 11.8 Å². The second-order valence-corrected chi connectivity index (χ2v) is 9.31. The van der Waals surface area contributed by atoms with Crippen molar-refractivity contribution in [3.63, 3.8) is 0 Å². The number of fused-ring (bicyclic) bond motifs is 1. The van der Waals surface area contributed by atoms with Gasteiger partial charge in [-0.2, -0.15) is 0 Å². The van der Waals surface area contributed by atoms with Gasteiger partial charge in [-0.3, -0.25) is 29.4 Å². The molecule has 2 fully saturated rings. The van der Waals surface area contributed by atoms with E-state index >= 15 is 0 Å². The van der Waals surface area contributed by atoms with Gasteiger partial charge in [-0.25, -0.2) is 0 Å². The first-order valence-corrected chi connectivity index (χ1v) is 12.2. The van der Waals surface area contributed by atoms with E-state index in [0.29, 0.717) is 17.7 Å². The number of methoxy groups -OCH3 is 1. The predicted octanol–water partition coefficient (Wildman–Crippen LogP) is 2.62. The lowest BCUT2D eigenvalue weighted by Crippen LogP contribution is -2.57. The monoisotopic (exact) mass is 510 g/mol. The number of likely N-dealkylation sites (tertiary alicyclic amines) is 1. The Morgan fingerprint density at radius 3 is 2.41 bits per heavy atom. The van der Waals surface area contributed by atoms with Crippen LogP contribution in [0.4, 0.5) is 0 Å². The third-order valence-corrected chi connectivity index (χ3v) is 7.08. The fourth-order valence-electron chi connectivity index (χ4n) is 5.36. The Morgan fingerprint density at radius 2 is 1.78 bits per heavy atom. The molecule has 2 amide bonds. The van der Waals surface area contributed by atoms with Gasteiger partial charge in [0.2, 0.25) is 11.8 Å². The molecule has 0 bridgehead atoms. The van der Waals surface area contributed by atoms with Gasteiger partial charge < -0.3 is 19.7 Å². The van der Waals surface area contributed by atoms with Crippen LogP contribution in [0.15, 0.2) is 48.5 Å². The number of unbranched alkanes of at least 4 members (excludes halogenated alkanes) is 1. The first-order valence-electron chi connectivity index (χ1n) is 12.2. The first kappa shape index (κ1) is 26.2. The zero-order valence-electron chi connectivity index (χ0n) is 20.7. The molecule has 2 saturated heterocycles. The van der Waals surface area contributed by atoms with E-state index < -0.39 is 53.6 Å². The van der Waals surface area contributed by atoms with Crippen LogP contribution in [0.3, 0.4) is 0 Å². The summed E-state index contributed by atoms with van der Waals surface area (Å²) < 4.78 is 11.6. The number of carbonyl (C=O) groups excluding carboxylic acids is 2. The Balaban J connectivity index is 1.81. The molecule has 2 aliphatic rings. The molecule has 4 unspecified atom stereocenters. The fourth-order valence-corrected chi connectivity index (χ4v) is 5.36. The average Bonchev–Trinajstić information content (AvgIpc) is 3.35. The predicted molar refractivity (Wildman–Crippen MR) is 131 cm³/mol. The molecule has 0 spiro atoms. The number of carbonyl (C=O) groups is 4. The quantitative estimate of drug-likeness (QED) is 0.389. The van der Waals surface area contributed by atoms with Crippen molar-refractivity contribution in [2.75, 3.05) is 13.7 Å². The number of ether oxygens (including phenoxy) is 2. The van der Waals surface area contributed by atoms with Gasteiger partial charge in [0.1, 0.15) is 12.1 Å². The summed E-state index contributed by atoms with van der Waals surface area (Å²) in [5.41, 5.74) is -0.883. The van der Waals surface area contributed by atoms with Gasteiger partial charge in [-0.05, 0) is 18.1 Å². The summed E-state index contributed by atoms with van der Waals surface area (Å²) in [6.07, 6.45) is 0.407. The SMILES string of the molecule is CCCCN1C(=O)C2C(c3cccc(OC)c3OCc3ccccc3)NC(CC(=O)O)(C(=O)O)C2C1=O. The van der Waals surface area contributed by atoms with Crippen LogP contribution in [0.5, 0.6) is 11.5 Å². The minimum Gasteiger partial charge on any atom is -0.493 e. The Labute approximate surface area is 214 Å². The van der Waals surface area contributed by atoms with E-state index in [1.165, 1.54) is 7.11 Å². The first-order chi connectivity index (χ1) is 17.7. The molecule has 4 rings (SSSR count). The molecule has 2 heterocycles. The van der Waals surface area contributed by atoms with Crippen LogP contribution in [0.25, 0.3) is 0 Å². The molecule has 2 aliphatic heterocycles. The van der Waals surface area contributed by atoms with Gasteiger partial charge >= 0.3 is 11.9 Å². The van der Waals surface area contributed by atoms with Gasteiger partial charge in [-0.15, -0.1) is 0 Å². The summed E-state index contributed by atoms with van der Waals surface area (Å²) in [5.74, 6) is -5.95. The molecule has 2 aromatic rings. The Morgan fingerprint density at radius 1 is 1.05 bits per heavy atom. The number of aliphatic carboxylic acids is 2. The fraction of sp³-hybridized carbons (Fsp3) is 0.407. The van der Waals surface area contributed by atoms with E-state index in [-0.39, 0.29) is 18.9 Å². The molecule has 4 atom stereocenters. The Kier molecular flexibility index (Phi) is 7.49. The maximum atomic E-state index is 13.6. The van der Waals surface area contributed by atoms with Gasteiger partial charge in [0.25, 0.3) is 0 Å². The summed E-state index contributed by atoms with van der Waals surface area (Å²) in [6, 6.07) is 13.4. The largest absolute Gasteiger partial charge is 0.493 e. The highest BCUT2D eigenvalue weighted by atomic mass is 16.5. The highest BCUT2D eigenvalue weighted by Crippen LogP contribution is 2.52. The molecular formula is C27H30N2O8. The summed E-state index contributed by atoms with van der Waals surface area (Å²) in [7, 11) is 1.46. The average molecular weight is 511 g/mol. The smallest absolute Gasteiger partial charge is 0.325 e. The van der Waals surface area contributed by atoms with Crippen LogP contribution in [0, 0.1) is 11.8 Å². The number of nitrogens with one attached hydrogen (secondary N) is 1. The summed E-state index contributed by atoms with van der Waals surface area (Å²) >= 11 is 0. The third-order valence-electron chi connectivity index (χ3n) is 7.08. The van der Waals surface area contributed by atoms with Crippen molar-refractivity contribution >= 4 is 23.8 Å². The van der Waals surface area contributed by atoms with Crippen LogP contribution < -0.4 is 14.8 Å². The topological polar surface area (TPSA) is 142 Å². The number of benzene rings is 2. The minimum absolute atomic E-state index is 0.145. The van der Waals surface area contributed by atoms with E-state index in [1.54, 1.807) is 18.2 Å². The molecule has 0 radical (unpaired) electrons. The number of nitrogens with zero attached hydrogens (tertiary/aromatic N) is 1. The van der Waals surface area contributed by atoms with Gasteiger partial charge in [0.05, 0.1) is 25.4 Å². The van der Waals surface area contributed by atoms with Crippen molar-refractivity contribution in [3.05, 3.63) is 59.7 Å². The van der Waals surface area contributed by atoms with E-state index in [4.69, 9.17) is 9.47 Å². The van der Waals surface area contributed by atoms with Crippen molar-refractivity contribution in [2.45, 2.75) is 44.4 Å². The van der Waals surface area contributed by atoms with E-state index in [0.717, 1.165) is 16.9 Å². The van der Waals surface area contributed by atoms with Crippen molar-refractivity contribution in [3.8, 4) is 11.5 Å². The lowest BCUT2D eigenvalue weighted by atomic mass is 9.77. The van der Waals surface area contributed by atoms with Crippen LogP contribution >= 0.6 is 0 Å². The number of carboxylic acid groups (broad SMARTS) is 2. The third kappa shape index (κ3) is 4.64. The zero-order valence-corrected chi connectivity index (χ0v) is 20.7. The lowest BCUT2D eigenvalue weighted by molar-refractivity contribution is -0.156. The van der Waals surface area contributed by atoms with Crippen LogP contribution in [0.1, 0.15) is 43.4 Å².